The third-order valence-electron chi connectivity index (χ3n) is 1.47. The summed E-state index contributed by atoms with van der Waals surface area (Å²) in [5.41, 5.74) is 0. The Morgan fingerprint density at radius 2 is 2.21 bits per heavy atom. The van der Waals surface area contributed by atoms with Crippen molar-refractivity contribution >= 4 is 22.8 Å². The van der Waals surface area contributed by atoms with E-state index in [1.807, 2.05) is 0 Å². The topological polar surface area (TPSA) is 56.5 Å². The molecule has 0 bridgehead atoms. The molecule has 0 aliphatic carbocycles. The van der Waals surface area contributed by atoms with Gasteiger partial charge < -0.3 is 9.15 Å². The zero-order valence-corrected chi connectivity index (χ0v) is 8.72. The van der Waals surface area contributed by atoms with Gasteiger partial charge in [0.15, 0.2) is 5.12 Å². The number of carbonyl (C=O) groups excluding carboxylic acids is 2. The van der Waals surface area contributed by atoms with E-state index in [4.69, 9.17) is 4.42 Å². The van der Waals surface area contributed by atoms with Gasteiger partial charge in [-0.25, -0.2) is 4.79 Å². The van der Waals surface area contributed by atoms with Gasteiger partial charge in [0.25, 0.3) is 0 Å². The van der Waals surface area contributed by atoms with Crippen LogP contribution in [0.5, 0.6) is 0 Å². The molecular formula is C9H10O4S. The van der Waals surface area contributed by atoms with E-state index in [-0.39, 0.29) is 10.9 Å². The Labute approximate surface area is 85.6 Å². The van der Waals surface area contributed by atoms with Gasteiger partial charge in [-0.3, -0.25) is 4.79 Å². The van der Waals surface area contributed by atoms with Gasteiger partial charge in [0.2, 0.25) is 5.76 Å². The predicted octanol–water partition coefficient (Wildman–Crippen LogP) is 1.85. The van der Waals surface area contributed by atoms with Gasteiger partial charge in [-0.1, -0.05) is 11.8 Å². The summed E-state index contributed by atoms with van der Waals surface area (Å²) in [6, 6.07) is 3.18. The SMILES string of the molecule is COC(=O)c1ccc(CSC(C)=O)o1. The Morgan fingerprint density at radius 3 is 2.79 bits per heavy atom. The maximum absolute atomic E-state index is 11.0. The molecule has 0 atom stereocenters. The molecule has 0 aromatic carbocycles. The standard InChI is InChI=1S/C9H10O4S/c1-6(10)14-5-7-3-4-8(13-7)9(11)12-2/h3-4H,5H2,1-2H3. The smallest absolute Gasteiger partial charge is 0.373 e. The highest BCUT2D eigenvalue weighted by Crippen LogP contribution is 2.16. The highest BCUT2D eigenvalue weighted by Gasteiger charge is 2.11. The van der Waals surface area contributed by atoms with E-state index in [1.165, 1.54) is 20.1 Å². The minimum Gasteiger partial charge on any atom is -0.463 e. The number of rotatable bonds is 3. The van der Waals surface area contributed by atoms with Crippen LogP contribution in [0.25, 0.3) is 0 Å². The highest BCUT2D eigenvalue weighted by molar-refractivity contribution is 8.12. The van der Waals surface area contributed by atoms with Crippen LogP contribution in [0.3, 0.4) is 0 Å². The normalized spacial score (nSPS) is 9.86. The van der Waals surface area contributed by atoms with Crippen LogP contribution in [-0.2, 0) is 15.3 Å². The summed E-state index contributed by atoms with van der Waals surface area (Å²) in [6.45, 7) is 1.48. The van der Waals surface area contributed by atoms with Gasteiger partial charge in [0.05, 0.1) is 12.9 Å². The van der Waals surface area contributed by atoms with Crippen molar-refractivity contribution in [2.24, 2.45) is 0 Å². The number of hydrogen-bond donors (Lipinski definition) is 0. The first-order chi connectivity index (χ1) is 6.63. The van der Waals surface area contributed by atoms with E-state index in [0.717, 1.165) is 11.8 Å². The molecule has 4 nitrogen and oxygen atoms in total. The first-order valence-corrected chi connectivity index (χ1v) is 4.92. The molecule has 1 rings (SSSR count). The second-order valence-corrected chi connectivity index (χ2v) is 3.69. The lowest BCUT2D eigenvalue weighted by atomic mass is 10.4. The van der Waals surface area contributed by atoms with Gasteiger partial charge >= 0.3 is 5.97 Å². The summed E-state index contributed by atoms with van der Waals surface area (Å²) >= 11 is 1.13. The highest BCUT2D eigenvalue weighted by atomic mass is 32.2. The van der Waals surface area contributed by atoms with E-state index in [9.17, 15) is 9.59 Å². The molecule has 0 saturated heterocycles. The number of furan rings is 1. The van der Waals surface area contributed by atoms with E-state index in [2.05, 4.69) is 4.74 Å². The van der Waals surface area contributed by atoms with E-state index in [1.54, 1.807) is 6.07 Å². The second-order valence-electron chi connectivity index (χ2n) is 2.54. The molecule has 0 radical (unpaired) electrons. The van der Waals surface area contributed by atoms with Crippen molar-refractivity contribution in [1.29, 1.82) is 0 Å². The van der Waals surface area contributed by atoms with E-state index in [0.29, 0.717) is 11.5 Å². The first kappa shape index (κ1) is 10.8. The maximum Gasteiger partial charge on any atom is 0.373 e. The molecule has 0 amide bonds. The lowest BCUT2D eigenvalue weighted by Gasteiger charge is -1.94. The van der Waals surface area contributed by atoms with Crippen LogP contribution in [0.2, 0.25) is 0 Å². The van der Waals surface area contributed by atoms with Crippen molar-refractivity contribution in [1.82, 2.24) is 0 Å². The predicted molar refractivity (Wildman–Crippen MR) is 52.0 cm³/mol. The molecule has 0 fully saturated rings. The Kier molecular flexibility index (Phi) is 3.76. The molecule has 0 spiro atoms. The fourth-order valence-corrected chi connectivity index (χ4v) is 1.34. The lowest BCUT2D eigenvalue weighted by molar-refractivity contribution is -0.109. The fraction of sp³-hybridized carbons (Fsp3) is 0.333. The van der Waals surface area contributed by atoms with Gasteiger partial charge in [-0.15, -0.1) is 0 Å². The van der Waals surface area contributed by atoms with Crippen LogP contribution < -0.4 is 0 Å². The van der Waals surface area contributed by atoms with Gasteiger partial charge in [0, 0.05) is 6.92 Å². The number of thioether (sulfide) groups is 1. The summed E-state index contributed by atoms with van der Waals surface area (Å²) < 4.78 is 9.61. The third kappa shape index (κ3) is 2.92. The van der Waals surface area contributed by atoms with Crippen molar-refractivity contribution in [3.05, 3.63) is 23.7 Å². The molecular weight excluding hydrogens is 204 g/mol. The summed E-state index contributed by atoms with van der Waals surface area (Å²) in [5.74, 6) is 0.674. The second kappa shape index (κ2) is 4.85. The van der Waals surface area contributed by atoms with E-state index >= 15 is 0 Å². The number of ether oxygens (including phenoxy) is 1. The molecule has 0 unspecified atom stereocenters. The molecule has 0 aliphatic heterocycles. The Morgan fingerprint density at radius 1 is 1.50 bits per heavy atom. The maximum atomic E-state index is 11.0. The summed E-state index contributed by atoms with van der Waals surface area (Å²) in [4.78, 5) is 21.6. The summed E-state index contributed by atoms with van der Waals surface area (Å²) in [7, 11) is 1.29. The number of esters is 1. The molecule has 1 aromatic rings. The molecule has 14 heavy (non-hydrogen) atoms. The van der Waals surface area contributed by atoms with Crippen molar-refractivity contribution in [3.8, 4) is 0 Å². The minimum atomic E-state index is -0.510. The van der Waals surface area contributed by atoms with Crippen LogP contribution in [0.15, 0.2) is 16.5 Å². The van der Waals surface area contributed by atoms with Crippen LogP contribution in [0, 0.1) is 0 Å². The first-order valence-electron chi connectivity index (χ1n) is 3.94. The van der Waals surface area contributed by atoms with Crippen LogP contribution in [0.4, 0.5) is 0 Å². The Balaban J connectivity index is 2.59. The molecule has 76 valence electrons. The fourth-order valence-electron chi connectivity index (χ4n) is 0.839. The molecule has 1 aromatic heterocycles. The van der Waals surface area contributed by atoms with Crippen molar-refractivity contribution < 1.29 is 18.7 Å². The number of methoxy groups -OCH3 is 1. The van der Waals surface area contributed by atoms with Crippen LogP contribution in [-0.4, -0.2) is 18.2 Å². The van der Waals surface area contributed by atoms with Crippen LogP contribution in [0.1, 0.15) is 23.2 Å². The molecule has 0 saturated carbocycles. The van der Waals surface area contributed by atoms with Crippen LogP contribution >= 0.6 is 11.8 Å². The zero-order chi connectivity index (χ0) is 10.6. The Hall–Kier alpha value is -1.23. The number of hydrogen-bond acceptors (Lipinski definition) is 5. The van der Waals surface area contributed by atoms with Crippen molar-refractivity contribution in [2.45, 2.75) is 12.7 Å². The number of carbonyl (C=O) groups is 2. The monoisotopic (exact) mass is 214 g/mol. The van der Waals surface area contributed by atoms with E-state index < -0.39 is 5.97 Å². The quantitative estimate of drug-likeness (QED) is 0.718. The third-order valence-corrected chi connectivity index (χ3v) is 2.30. The average molecular weight is 214 g/mol. The average Bonchev–Trinajstić information content (AvgIpc) is 2.62. The zero-order valence-electron chi connectivity index (χ0n) is 7.90. The minimum absolute atomic E-state index is 0.0148. The molecule has 0 aliphatic rings. The van der Waals surface area contributed by atoms with Gasteiger partial charge in [0.1, 0.15) is 5.76 Å². The molecule has 0 N–H and O–H groups in total. The molecule has 5 heteroatoms. The van der Waals surface area contributed by atoms with Crippen molar-refractivity contribution in [2.75, 3.05) is 7.11 Å². The Bertz CT molecular complexity index is 342. The summed E-state index contributed by atoms with van der Waals surface area (Å²) in [6.07, 6.45) is 0. The largest absolute Gasteiger partial charge is 0.463 e. The van der Waals surface area contributed by atoms with Gasteiger partial charge in [-0.05, 0) is 12.1 Å². The van der Waals surface area contributed by atoms with Crippen molar-refractivity contribution in [3.63, 3.8) is 0 Å². The lowest BCUT2D eigenvalue weighted by Crippen LogP contribution is -1.98. The van der Waals surface area contributed by atoms with Gasteiger partial charge in [-0.2, -0.15) is 0 Å². The molecule has 1 heterocycles. The summed E-state index contributed by atoms with van der Waals surface area (Å²) in [5, 5.41) is 0.0148.